The van der Waals surface area contributed by atoms with Gasteiger partial charge in [0.05, 0.1) is 11.6 Å². The zero-order valence-electron chi connectivity index (χ0n) is 10.7. The van der Waals surface area contributed by atoms with E-state index < -0.39 is 0 Å². The first-order valence-electron chi connectivity index (χ1n) is 6.28. The van der Waals surface area contributed by atoms with E-state index in [-0.39, 0.29) is 0 Å². The van der Waals surface area contributed by atoms with Gasteiger partial charge in [0, 0.05) is 0 Å². The molecule has 90 valence electrons. The molecule has 1 heteroatoms. The van der Waals surface area contributed by atoms with Crippen molar-refractivity contribution in [3.63, 3.8) is 0 Å². The lowest BCUT2D eigenvalue weighted by Crippen LogP contribution is -1.86. The predicted octanol–water partition coefficient (Wildman–Crippen LogP) is 4.69. The molecular formula is C18H13N. The van der Waals surface area contributed by atoms with Gasteiger partial charge >= 0.3 is 0 Å². The van der Waals surface area contributed by atoms with Gasteiger partial charge in [-0.05, 0) is 46.5 Å². The topological polar surface area (TPSA) is 23.8 Å². The van der Waals surface area contributed by atoms with E-state index in [0.717, 1.165) is 5.56 Å². The fraction of sp³-hybridized carbons (Fsp3) is 0.0556. The number of hydrogen-bond acceptors (Lipinski definition) is 1. The molecule has 0 spiro atoms. The molecule has 0 unspecified atom stereocenters. The molecule has 0 N–H and O–H groups in total. The summed E-state index contributed by atoms with van der Waals surface area (Å²) in [6.45, 7) is 2.15. The lowest BCUT2D eigenvalue weighted by atomic mass is 9.95. The molecule has 0 aliphatic rings. The Morgan fingerprint density at radius 1 is 0.842 bits per heavy atom. The predicted molar refractivity (Wildman–Crippen MR) is 78.8 cm³/mol. The summed E-state index contributed by atoms with van der Waals surface area (Å²) in [5.74, 6) is 0. The zero-order valence-corrected chi connectivity index (χ0v) is 10.7. The van der Waals surface area contributed by atoms with Crippen molar-refractivity contribution < 1.29 is 0 Å². The Morgan fingerprint density at radius 3 is 2.32 bits per heavy atom. The van der Waals surface area contributed by atoms with Gasteiger partial charge < -0.3 is 0 Å². The van der Waals surface area contributed by atoms with Crippen molar-refractivity contribution >= 4 is 10.8 Å². The van der Waals surface area contributed by atoms with Gasteiger partial charge in [0.2, 0.25) is 0 Å². The Bertz CT molecular complexity index is 777. The van der Waals surface area contributed by atoms with Crippen LogP contribution in [0.5, 0.6) is 0 Å². The molecule has 0 aliphatic carbocycles. The van der Waals surface area contributed by atoms with Crippen molar-refractivity contribution in [1.29, 1.82) is 5.26 Å². The summed E-state index contributed by atoms with van der Waals surface area (Å²) in [6.07, 6.45) is 0. The van der Waals surface area contributed by atoms with Crippen LogP contribution in [0.25, 0.3) is 21.9 Å². The van der Waals surface area contributed by atoms with E-state index in [1.165, 1.54) is 21.9 Å². The van der Waals surface area contributed by atoms with Gasteiger partial charge in [0.1, 0.15) is 0 Å². The largest absolute Gasteiger partial charge is 0.192 e. The Kier molecular flexibility index (Phi) is 2.78. The van der Waals surface area contributed by atoms with Gasteiger partial charge in [-0.15, -0.1) is 0 Å². The highest BCUT2D eigenvalue weighted by Crippen LogP contribution is 2.29. The molecule has 0 aliphatic heterocycles. The standard InChI is InChI=1S/C18H13N/c1-13-17-5-3-2-4-15(17)10-11-18(13)16-8-6-14(12-19)7-9-16/h2-11H,1H3. The monoisotopic (exact) mass is 243 g/mol. The van der Waals surface area contributed by atoms with Crippen LogP contribution < -0.4 is 0 Å². The van der Waals surface area contributed by atoms with Gasteiger partial charge in [0.25, 0.3) is 0 Å². The summed E-state index contributed by atoms with van der Waals surface area (Å²) in [4.78, 5) is 0. The molecule has 0 radical (unpaired) electrons. The van der Waals surface area contributed by atoms with E-state index in [1.54, 1.807) is 0 Å². The number of rotatable bonds is 1. The minimum atomic E-state index is 0.696. The van der Waals surface area contributed by atoms with Crippen LogP contribution in [0, 0.1) is 18.3 Å². The summed E-state index contributed by atoms with van der Waals surface area (Å²) in [5.41, 5.74) is 4.36. The van der Waals surface area contributed by atoms with Gasteiger partial charge in [-0.25, -0.2) is 0 Å². The molecule has 0 atom stereocenters. The molecule has 0 heterocycles. The molecule has 0 bridgehead atoms. The van der Waals surface area contributed by atoms with Crippen LogP contribution in [0.15, 0.2) is 60.7 Å². The molecule has 0 amide bonds. The van der Waals surface area contributed by atoms with E-state index in [0.29, 0.717) is 5.56 Å². The third kappa shape index (κ3) is 1.98. The number of nitrogens with zero attached hydrogens (tertiary/aromatic N) is 1. The molecule has 3 aromatic carbocycles. The summed E-state index contributed by atoms with van der Waals surface area (Å²) in [5, 5.41) is 11.4. The van der Waals surface area contributed by atoms with Crippen LogP contribution in [-0.2, 0) is 0 Å². The molecule has 3 rings (SSSR count). The fourth-order valence-electron chi connectivity index (χ4n) is 2.46. The first kappa shape index (κ1) is 11.5. The maximum atomic E-state index is 8.84. The smallest absolute Gasteiger partial charge is 0.0991 e. The van der Waals surface area contributed by atoms with Gasteiger partial charge in [-0.2, -0.15) is 5.26 Å². The van der Waals surface area contributed by atoms with Crippen LogP contribution in [0.1, 0.15) is 11.1 Å². The number of benzene rings is 3. The maximum absolute atomic E-state index is 8.84. The second kappa shape index (κ2) is 4.59. The molecule has 19 heavy (non-hydrogen) atoms. The first-order chi connectivity index (χ1) is 9.29. The van der Waals surface area contributed by atoms with Crippen LogP contribution in [0.2, 0.25) is 0 Å². The van der Waals surface area contributed by atoms with Crippen LogP contribution in [0.3, 0.4) is 0 Å². The molecule has 0 fully saturated rings. The summed E-state index contributed by atoms with van der Waals surface area (Å²) in [6, 6.07) is 22.6. The van der Waals surface area contributed by atoms with Crippen molar-refractivity contribution in [3.8, 4) is 17.2 Å². The van der Waals surface area contributed by atoms with Crippen molar-refractivity contribution in [3.05, 3.63) is 71.8 Å². The minimum absolute atomic E-state index is 0.696. The molecule has 0 aromatic heterocycles. The maximum Gasteiger partial charge on any atom is 0.0991 e. The highest BCUT2D eigenvalue weighted by atomic mass is 14.2. The Morgan fingerprint density at radius 2 is 1.58 bits per heavy atom. The Balaban J connectivity index is 2.19. The van der Waals surface area contributed by atoms with Crippen molar-refractivity contribution in [1.82, 2.24) is 0 Å². The zero-order chi connectivity index (χ0) is 13.2. The van der Waals surface area contributed by atoms with Crippen molar-refractivity contribution in [2.45, 2.75) is 6.92 Å². The van der Waals surface area contributed by atoms with Crippen LogP contribution in [-0.4, -0.2) is 0 Å². The second-order valence-corrected chi connectivity index (χ2v) is 4.65. The molecular weight excluding hydrogens is 230 g/mol. The Labute approximate surface area is 112 Å². The van der Waals surface area contributed by atoms with E-state index in [9.17, 15) is 0 Å². The molecule has 0 saturated carbocycles. The second-order valence-electron chi connectivity index (χ2n) is 4.65. The minimum Gasteiger partial charge on any atom is -0.192 e. The van der Waals surface area contributed by atoms with Crippen LogP contribution in [0.4, 0.5) is 0 Å². The van der Waals surface area contributed by atoms with E-state index in [4.69, 9.17) is 5.26 Å². The van der Waals surface area contributed by atoms with E-state index >= 15 is 0 Å². The molecule has 3 aromatic rings. The molecule has 0 saturated heterocycles. The average molecular weight is 243 g/mol. The lowest BCUT2D eigenvalue weighted by Gasteiger charge is -2.09. The van der Waals surface area contributed by atoms with E-state index in [2.05, 4.69) is 49.4 Å². The Hall–Kier alpha value is -2.59. The third-order valence-corrected chi connectivity index (χ3v) is 3.52. The fourth-order valence-corrected chi connectivity index (χ4v) is 2.46. The highest BCUT2D eigenvalue weighted by Gasteiger charge is 2.05. The number of nitriles is 1. The third-order valence-electron chi connectivity index (χ3n) is 3.52. The number of fused-ring (bicyclic) bond motifs is 1. The lowest BCUT2D eigenvalue weighted by molar-refractivity contribution is 1.47. The van der Waals surface area contributed by atoms with Gasteiger partial charge in [0.15, 0.2) is 0 Å². The summed E-state index contributed by atoms with van der Waals surface area (Å²) >= 11 is 0. The SMILES string of the molecule is Cc1c(-c2ccc(C#N)cc2)ccc2ccccc12. The summed E-state index contributed by atoms with van der Waals surface area (Å²) < 4.78 is 0. The van der Waals surface area contributed by atoms with Gasteiger partial charge in [-0.1, -0.05) is 48.5 Å². The highest BCUT2D eigenvalue weighted by molar-refractivity contribution is 5.91. The van der Waals surface area contributed by atoms with Gasteiger partial charge in [-0.3, -0.25) is 0 Å². The van der Waals surface area contributed by atoms with E-state index in [1.807, 2.05) is 24.3 Å². The molecule has 1 nitrogen and oxygen atoms in total. The van der Waals surface area contributed by atoms with Crippen molar-refractivity contribution in [2.24, 2.45) is 0 Å². The quantitative estimate of drug-likeness (QED) is 0.608. The van der Waals surface area contributed by atoms with Crippen LogP contribution >= 0.6 is 0 Å². The normalized spacial score (nSPS) is 10.3. The number of hydrogen-bond donors (Lipinski definition) is 0. The first-order valence-corrected chi connectivity index (χ1v) is 6.28. The number of aryl methyl sites for hydroxylation is 1. The summed E-state index contributed by atoms with van der Waals surface area (Å²) in [7, 11) is 0. The van der Waals surface area contributed by atoms with Crippen molar-refractivity contribution in [2.75, 3.05) is 0 Å². The average Bonchev–Trinajstić information content (AvgIpc) is 2.48.